The highest BCUT2D eigenvalue weighted by Crippen LogP contribution is 2.36. The molecule has 0 saturated heterocycles. The van der Waals surface area contributed by atoms with Gasteiger partial charge >= 0.3 is 0 Å². The summed E-state index contributed by atoms with van der Waals surface area (Å²) in [7, 11) is 0. The molecule has 0 aliphatic carbocycles. The van der Waals surface area contributed by atoms with Gasteiger partial charge in [0.2, 0.25) is 0 Å². The fourth-order valence-electron chi connectivity index (χ4n) is 4.12. The highest BCUT2D eigenvalue weighted by atomic mass is 35.5. The zero-order valence-corrected chi connectivity index (χ0v) is 16.8. The van der Waals surface area contributed by atoms with Gasteiger partial charge in [0.25, 0.3) is 5.91 Å². The number of hydrogen-bond donors (Lipinski definition) is 0. The zero-order valence-electron chi connectivity index (χ0n) is 15.3. The summed E-state index contributed by atoms with van der Waals surface area (Å²) < 4.78 is 7.49. The van der Waals surface area contributed by atoms with Crippen LogP contribution in [0.4, 0.5) is 0 Å². The fourth-order valence-corrected chi connectivity index (χ4v) is 4.41. The average Bonchev–Trinajstić information content (AvgIpc) is 3.17. The molecule has 6 nitrogen and oxygen atoms in total. The minimum Gasteiger partial charge on any atom is -0.361 e. The second kappa shape index (κ2) is 6.64. The summed E-state index contributed by atoms with van der Waals surface area (Å²) in [6.45, 7) is 3.91. The molecular formula is C20H18Cl2N4O2. The minimum atomic E-state index is -0.0608. The molecule has 0 radical (unpaired) electrons. The monoisotopic (exact) mass is 416 g/mol. The lowest BCUT2D eigenvalue weighted by Gasteiger charge is -2.27. The van der Waals surface area contributed by atoms with Gasteiger partial charge in [-0.2, -0.15) is 5.10 Å². The molecule has 0 N–H and O–H groups in total. The number of carbonyl (C=O) groups is 1. The molecule has 2 aromatic heterocycles. The van der Waals surface area contributed by atoms with Crippen LogP contribution in [-0.4, -0.2) is 32.3 Å². The number of hydrogen-bond acceptors (Lipinski definition) is 4. The van der Waals surface area contributed by atoms with Crippen LogP contribution in [0.5, 0.6) is 0 Å². The summed E-state index contributed by atoms with van der Waals surface area (Å²) in [6.07, 6.45) is 2.64. The largest absolute Gasteiger partial charge is 0.361 e. The van der Waals surface area contributed by atoms with E-state index in [2.05, 4.69) is 5.16 Å². The van der Waals surface area contributed by atoms with Gasteiger partial charge in [0.15, 0.2) is 0 Å². The lowest BCUT2D eigenvalue weighted by Crippen LogP contribution is -2.36. The molecule has 0 spiro atoms. The van der Waals surface area contributed by atoms with Crippen LogP contribution in [0, 0.1) is 6.92 Å². The smallest absolute Gasteiger partial charge is 0.254 e. The summed E-state index contributed by atoms with van der Waals surface area (Å²) in [5, 5.41) is 9.95. The van der Waals surface area contributed by atoms with Crippen molar-refractivity contribution < 1.29 is 9.32 Å². The van der Waals surface area contributed by atoms with Crippen LogP contribution in [-0.2, 0) is 25.9 Å². The fraction of sp³-hybridized carbons (Fsp3) is 0.350. The Morgan fingerprint density at radius 2 is 2.00 bits per heavy atom. The van der Waals surface area contributed by atoms with E-state index in [4.69, 9.17) is 32.8 Å². The summed E-state index contributed by atoms with van der Waals surface area (Å²) in [4.78, 5) is 14.9. The number of nitrogens with zero attached hydrogens (tertiary/aromatic N) is 4. The molecule has 1 aromatic carbocycles. The molecule has 0 atom stereocenters. The number of aromatic nitrogens is 3. The maximum Gasteiger partial charge on any atom is 0.254 e. The van der Waals surface area contributed by atoms with E-state index in [0.29, 0.717) is 35.1 Å². The Labute approximate surface area is 172 Å². The van der Waals surface area contributed by atoms with E-state index in [0.717, 1.165) is 53.4 Å². The predicted octanol–water partition coefficient (Wildman–Crippen LogP) is 4.30. The van der Waals surface area contributed by atoms with E-state index in [9.17, 15) is 4.79 Å². The highest BCUT2D eigenvalue weighted by molar-refractivity contribution is 6.42. The van der Waals surface area contributed by atoms with Gasteiger partial charge in [-0.15, -0.1) is 0 Å². The maximum atomic E-state index is 13.0. The second-order valence-corrected chi connectivity index (χ2v) is 8.09. The predicted molar refractivity (Wildman–Crippen MR) is 106 cm³/mol. The Morgan fingerprint density at radius 1 is 1.14 bits per heavy atom. The van der Waals surface area contributed by atoms with Crippen molar-refractivity contribution in [3.05, 3.63) is 56.4 Å². The van der Waals surface area contributed by atoms with Gasteiger partial charge in [-0.3, -0.25) is 9.48 Å². The Kier molecular flexibility index (Phi) is 4.21. The van der Waals surface area contributed by atoms with E-state index in [-0.39, 0.29) is 5.91 Å². The molecule has 2 aliphatic heterocycles. The van der Waals surface area contributed by atoms with Gasteiger partial charge in [0.05, 0.1) is 28.0 Å². The van der Waals surface area contributed by atoms with Crippen LogP contribution in [0.3, 0.4) is 0 Å². The Balaban J connectivity index is 1.52. The number of benzene rings is 1. The molecule has 0 saturated carbocycles. The average molecular weight is 417 g/mol. The van der Waals surface area contributed by atoms with Crippen molar-refractivity contribution in [2.45, 2.75) is 39.3 Å². The maximum absolute atomic E-state index is 13.0. The van der Waals surface area contributed by atoms with Crippen molar-refractivity contribution in [3.8, 4) is 11.4 Å². The zero-order chi connectivity index (χ0) is 19.4. The van der Waals surface area contributed by atoms with Gasteiger partial charge < -0.3 is 9.42 Å². The topological polar surface area (TPSA) is 64.2 Å². The number of rotatable bonds is 1. The van der Waals surface area contributed by atoms with Crippen molar-refractivity contribution in [2.75, 3.05) is 6.54 Å². The molecule has 1 amide bonds. The van der Waals surface area contributed by atoms with E-state index in [1.165, 1.54) is 0 Å². The van der Waals surface area contributed by atoms with Gasteiger partial charge in [-0.05, 0) is 38.0 Å². The molecule has 0 fully saturated rings. The molecule has 0 unspecified atom stereocenters. The van der Waals surface area contributed by atoms with Crippen molar-refractivity contribution in [3.63, 3.8) is 0 Å². The van der Waals surface area contributed by atoms with E-state index < -0.39 is 0 Å². The lowest BCUT2D eigenvalue weighted by molar-refractivity contribution is 0.0734. The summed E-state index contributed by atoms with van der Waals surface area (Å²) >= 11 is 12.1. The van der Waals surface area contributed by atoms with Gasteiger partial charge in [0.1, 0.15) is 11.5 Å². The number of fused-ring (bicyclic) bond motifs is 5. The third kappa shape index (κ3) is 2.74. The number of amides is 1. The highest BCUT2D eigenvalue weighted by Gasteiger charge is 2.32. The first-order chi connectivity index (χ1) is 13.5. The first-order valence-corrected chi connectivity index (χ1v) is 10.1. The summed E-state index contributed by atoms with van der Waals surface area (Å²) in [5.74, 6) is 0.798. The summed E-state index contributed by atoms with van der Waals surface area (Å²) in [6, 6.07) is 4.99. The van der Waals surface area contributed by atoms with E-state index >= 15 is 0 Å². The van der Waals surface area contributed by atoms with Crippen LogP contribution in [0.2, 0.25) is 10.0 Å². The standard InChI is InChI=1S/C20H18Cl2N4O2/c1-11-13-3-2-7-26-19(18(13)24-28-11)14-10-25(8-6-17(14)23-26)20(27)12-4-5-15(21)16(22)9-12/h4-5,9H,2-3,6-8,10H2,1H3. The summed E-state index contributed by atoms with van der Waals surface area (Å²) in [5.41, 5.74) is 5.65. The van der Waals surface area contributed by atoms with Crippen molar-refractivity contribution in [1.29, 1.82) is 0 Å². The molecule has 4 heterocycles. The van der Waals surface area contributed by atoms with E-state index in [1.807, 2.05) is 16.5 Å². The van der Waals surface area contributed by atoms with Gasteiger partial charge in [-0.1, -0.05) is 28.4 Å². The van der Waals surface area contributed by atoms with Gasteiger partial charge in [0, 0.05) is 36.2 Å². The van der Waals surface area contributed by atoms with Crippen LogP contribution < -0.4 is 0 Å². The third-order valence-corrected chi connectivity index (χ3v) is 6.30. The van der Waals surface area contributed by atoms with Crippen LogP contribution in [0.15, 0.2) is 22.7 Å². The number of carbonyl (C=O) groups excluding carboxylic acids is 1. The van der Waals surface area contributed by atoms with Crippen LogP contribution >= 0.6 is 23.2 Å². The Hall–Kier alpha value is -2.31. The number of halogens is 2. The first kappa shape index (κ1) is 17.8. The SMILES string of the molecule is Cc1onc2c1CCCn1nc3c(c1-2)CN(C(=O)c1ccc(Cl)c(Cl)c1)CC3. The van der Waals surface area contributed by atoms with Crippen molar-refractivity contribution in [1.82, 2.24) is 19.8 Å². The molecule has 2 aliphatic rings. The number of aryl methyl sites for hydroxylation is 2. The molecule has 8 heteroatoms. The molecule has 3 aromatic rings. The minimum absolute atomic E-state index is 0.0608. The quantitative estimate of drug-likeness (QED) is 0.593. The molecule has 144 valence electrons. The molecular weight excluding hydrogens is 399 g/mol. The first-order valence-electron chi connectivity index (χ1n) is 9.31. The Morgan fingerprint density at radius 3 is 2.82 bits per heavy atom. The normalized spacial score (nSPS) is 15.6. The van der Waals surface area contributed by atoms with Gasteiger partial charge in [-0.25, -0.2) is 0 Å². The second-order valence-electron chi connectivity index (χ2n) is 7.27. The van der Waals surface area contributed by atoms with Crippen LogP contribution in [0.1, 0.15) is 39.4 Å². The molecule has 0 bridgehead atoms. The lowest BCUT2D eigenvalue weighted by atomic mass is 10.00. The molecule has 28 heavy (non-hydrogen) atoms. The third-order valence-electron chi connectivity index (χ3n) is 5.56. The van der Waals surface area contributed by atoms with Crippen molar-refractivity contribution >= 4 is 29.1 Å². The van der Waals surface area contributed by atoms with Crippen molar-refractivity contribution in [2.24, 2.45) is 0 Å². The van der Waals surface area contributed by atoms with E-state index in [1.54, 1.807) is 18.2 Å². The molecule has 5 rings (SSSR count). The Bertz CT molecular complexity index is 1100. The van der Waals surface area contributed by atoms with Crippen LogP contribution in [0.25, 0.3) is 11.4 Å².